The maximum absolute atomic E-state index is 9.32. The van der Waals surface area contributed by atoms with E-state index in [0.29, 0.717) is 0 Å². The van der Waals surface area contributed by atoms with Crippen molar-refractivity contribution in [3.63, 3.8) is 0 Å². The molecule has 56 valence electrons. The summed E-state index contributed by atoms with van der Waals surface area (Å²) >= 11 is 0. The van der Waals surface area contributed by atoms with Crippen LogP contribution < -0.4 is 0 Å². The molecular weight excluding hydrogens is 140 g/mol. The highest BCUT2D eigenvalue weighted by Crippen LogP contribution is 2.31. The smallest absolute Gasteiger partial charge is 0.122 e. The standard InChI is InChI=1S/C9H8O2/c10-8-5-9(11)7-4-2-1-3-6(7)8/h1-5,8,10-11H. The molecule has 1 unspecified atom stereocenters. The molecule has 0 fully saturated rings. The largest absolute Gasteiger partial charge is 0.508 e. The molecule has 0 bridgehead atoms. The molecule has 1 aliphatic rings. The summed E-state index contributed by atoms with van der Waals surface area (Å²) in [5.74, 6) is 0.174. The van der Waals surface area contributed by atoms with E-state index in [-0.39, 0.29) is 5.76 Å². The summed E-state index contributed by atoms with van der Waals surface area (Å²) < 4.78 is 0. The van der Waals surface area contributed by atoms with Gasteiger partial charge in [0, 0.05) is 5.56 Å². The third-order valence-electron chi connectivity index (χ3n) is 1.87. The van der Waals surface area contributed by atoms with Gasteiger partial charge in [0.15, 0.2) is 0 Å². The predicted molar refractivity (Wildman–Crippen MR) is 42.0 cm³/mol. The summed E-state index contributed by atoms with van der Waals surface area (Å²) in [6, 6.07) is 7.27. The van der Waals surface area contributed by atoms with E-state index in [1.54, 1.807) is 12.1 Å². The number of hydrogen-bond acceptors (Lipinski definition) is 2. The van der Waals surface area contributed by atoms with Crippen molar-refractivity contribution < 1.29 is 10.2 Å². The van der Waals surface area contributed by atoms with E-state index in [9.17, 15) is 10.2 Å². The van der Waals surface area contributed by atoms with Crippen LogP contribution in [-0.4, -0.2) is 10.2 Å². The molecule has 0 spiro atoms. The minimum absolute atomic E-state index is 0.174. The van der Waals surface area contributed by atoms with Crippen LogP contribution in [0.3, 0.4) is 0 Å². The number of aliphatic hydroxyl groups is 2. The highest BCUT2D eigenvalue weighted by Gasteiger charge is 2.19. The summed E-state index contributed by atoms with van der Waals surface area (Å²) in [6.07, 6.45) is 0.802. The lowest BCUT2D eigenvalue weighted by atomic mass is 10.1. The van der Waals surface area contributed by atoms with Crippen LogP contribution >= 0.6 is 0 Å². The zero-order valence-electron chi connectivity index (χ0n) is 5.86. The zero-order chi connectivity index (χ0) is 7.84. The molecule has 0 amide bonds. The van der Waals surface area contributed by atoms with E-state index in [4.69, 9.17) is 0 Å². The van der Waals surface area contributed by atoms with Crippen LogP contribution in [0.15, 0.2) is 30.3 Å². The summed E-state index contributed by atoms with van der Waals surface area (Å²) in [4.78, 5) is 0. The van der Waals surface area contributed by atoms with Crippen LogP contribution in [0.5, 0.6) is 0 Å². The molecule has 0 saturated heterocycles. The molecule has 0 heterocycles. The molecule has 0 saturated carbocycles. The summed E-state index contributed by atoms with van der Waals surface area (Å²) in [6.45, 7) is 0. The Kier molecular flexibility index (Phi) is 1.23. The van der Waals surface area contributed by atoms with Gasteiger partial charge in [-0.3, -0.25) is 0 Å². The Morgan fingerprint density at radius 2 is 1.91 bits per heavy atom. The van der Waals surface area contributed by atoms with Crippen molar-refractivity contribution in [3.05, 3.63) is 41.5 Å². The van der Waals surface area contributed by atoms with Crippen molar-refractivity contribution >= 4 is 5.76 Å². The van der Waals surface area contributed by atoms with Gasteiger partial charge in [-0.15, -0.1) is 0 Å². The lowest BCUT2D eigenvalue weighted by molar-refractivity contribution is 0.231. The lowest BCUT2D eigenvalue weighted by Gasteiger charge is -2.00. The number of fused-ring (bicyclic) bond motifs is 1. The van der Waals surface area contributed by atoms with Crippen LogP contribution in [0.4, 0.5) is 0 Å². The van der Waals surface area contributed by atoms with Gasteiger partial charge < -0.3 is 10.2 Å². The van der Waals surface area contributed by atoms with Crippen molar-refractivity contribution in [1.82, 2.24) is 0 Å². The van der Waals surface area contributed by atoms with E-state index in [2.05, 4.69) is 0 Å². The van der Waals surface area contributed by atoms with E-state index < -0.39 is 6.10 Å². The van der Waals surface area contributed by atoms with Crippen LogP contribution in [0.25, 0.3) is 5.76 Å². The summed E-state index contributed by atoms with van der Waals surface area (Å²) in [5.41, 5.74) is 1.52. The first-order valence-electron chi connectivity index (χ1n) is 3.47. The van der Waals surface area contributed by atoms with Gasteiger partial charge in [0.05, 0.1) is 0 Å². The summed E-state index contributed by atoms with van der Waals surface area (Å²) in [5, 5.41) is 18.6. The number of benzene rings is 1. The van der Waals surface area contributed by atoms with E-state index in [0.717, 1.165) is 11.1 Å². The van der Waals surface area contributed by atoms with Gasteiger partial charge in [-0.2, -0.15) is 0 Å². The fourth-order valence-corrected chi connectivity index (χ4v) is 1.32. The molecule has 0 aromatic heterocycles. The first-order chi connectivity index (χ1) is 5.29. The number of hydrogen-bond donors (Lipinski definition) is 2. The van der Waals surface area contributed by atoms with Gasteiger partial charge in [-0.1, -0.05) is 24.3 Å². The molecule has 1 atom stereocenters. The minimum atomic E-state index is -0.633. The van der Waals surface area contributed by atoms with Gasteiger partial charge in [-0.05, 0) is 11.6 Å². The second-order valence-electron chi connectivity index (χ2n) is 2.58. The van der Waals surface area contributed by atoms with Gasteiger partial charge in [0.2, 0.25) is 0 Å². The third-order valence-corrected chi connectivity index (χ3v) is 1.87. The molecule has 2 heteroatoms. The van der Waals surface area contributed by atoms with Gasteiger partial charge in [-0.25, -0.2) is 0 Å². The predicted octanol–water partition coefficient (Wildman–Crippen LogP) is 1.63. The molecule has 0 radical (unpaired) electrons. The van der Waals surface area contributed by atoms with Gasteiger partial charge >= 0.3 is 0 Å². The van der Waals surface area contributed by atoms with Crippen molar-refractivity contribution in [1.29, 1.82) is 0 Å². The maximum Gasteiger partial charge on any atom is 0.122 e. The van der Waals surface area contributed by atoms with E-state index >= 15 is 0 Å². The number of aliphatic hydroxyl groups excluding tert-OH is 2. The average molecular weight is 148 g/mol. The Hall–Kier alpha value is -1.28. The third kappa shape index (κ3) is 0.835. The van der Waals surface area contributed by atoms with Crippen LogP contribution in [-0.2, 0) is 0 Å². The number of rotatable bonds is 0. The first kappa shape index (κ1) is 6.43. The van der Waals surface area contributed by atoms with Crippen LogP contribution in [0, 0.1) is 0 Å². The van der Waals surface area contributed by atoms with Gasteiger partial charge in [0.1, 0.15) is 11.9 Å². The first-order valence-corrected chi connectivity index (χ1v) is 3.47. The molecule has 1 aromatic rings. The van der Waals surface area contributed by atoms with Crippen LogP contribution in [0.1, 0.15) is 17.2 Å². The highest BCUT2D eigenvalue weighted by molar-refractivity contribution is 5.68. The molecule has 11 heavy (non-hydrogen) atoms. The second kappa shape index (κ2) is 2.10. The summed E-state index contributed by atoms with van der Waals surface area (Å²) in [7, 11) is 0. The van der Waals surface area contributed by atoms with Crippen molar-refractivity contribution in [2.75, 3.05) is 0 Å². The Morgan fingerprint density at radius 3 is 2.64 bits per heavy atom. The monoisotopic (exact) mass is 148 g/mol. The Bertz CT molecular complexity index is 315. The average Bonchev–Trinajstić information content (AvgIpc) is 2.30. The molecule has 2 nitrogen and oxygen atoms in total. The Balaban J connectivity index is 2.62. The minimum Gasteiger partial charge on any atom is -0.508 e. The SMILES string of the molecule is OC1=CC(O)c2ccccc21. The molecule has 1 aromatic carbocycles. The highest BCUT2D eigenvalue weighted by atomic mass is 16.3. The molecule has 0 aliphatic heterocycles. The van der Waals surface area contributed by atoms with Gasteiger partial charge in [0.25, 0.3) is 0 Å². The lowest BCUT2D eigenvalue weighted by Crippen LogP contribution is -1.88. The van der Waals surface area contributed by atoms with Crippen molar-refractivity contribution in [2.45, 2.75) is 6.10 Å². The topological polar surface area (TPSA) is 40.5 Å². The van der Waals surface area contributed by atoms with E-state index in [1.807, 2.05) is 12.1 Å². The Morgan fingerprint density at radius 1 is 1.18 bits per heavy atom. The molecule has 2 rings (SSSR count). The molecule has 2 N–H and O–H groups in total. The van der Waals surface area contributed by atoms with Crippen LogP contribution in [0.2, 0.25) is 0 Å². The van der Waals surface area contributed by atoms with Crippen molar-refractivity contribution in [3.8, 4) is 0 Å². The second-order valence-corrected chi connectivity index (χ2v) is 2.58. The zero-order valence-corrected chi connectivity index (χ0v) is 5.86. The fourth-order valence-electron chi connectivity index (χ4n) is 1.32. The Labute approximate surface area is 64.4 Å². The fraction of sp³-hybridized carbons (Fsp3) is 0.111. The molecule has 1 aliphatic carbocycles. The van der Waals surface area contributed by atoms with E-state index in [1.165, 1.54) is 6.08 Å². The normalized spacial score (nSPS) is 21.2. The van der Waals surface area contributed by atoms with Crippen molar-refractivity contribution in [2.24, 2.45) is 0 Å². The maximum atomic E-state index is 9.32. The molecular formula is C9H8O2. The quantitative estimate of drug-likeness (QED) is 0.587.